The Kier molecular flexibility index (Phi) is 6.29. The SMILES string of the molecule is CC(O)C(C)SCC(=O)Nc1ccc(Cl)c(Cl)c1. The van der Waals surface area contributed by atoms with Crippen LogP contribution < -0.4 is 5.32 Å². The van der Waals surface area contributed by atoms with Gasteiger partial charge in [-0.15, -0.1) is 11.8 Å². The summed E-state index contributed by atoms with van der Waals surface area (Å²) >= 11 is 13.0. The number of halogens is 2. The van der Waals surface area contributed by atoms with Crippen LogP contribution in [0, 0.1) is 0 Å². The number of carbonyl (C=O) groups is 1. The largest absolute Gasteiger partial charge is 0.392 e. The van der Waals surface area contributed by atoms with Crippen LogP contribution in [0.2, 0.25) is 10.0 Å². The van der Waals surface area contributed by atoms with Gasteiger partial charge in [0.05, 0.1) is 21.9 Å². The van der Waals surface area contributed by atoms with E-state index in [0.717, 1.165) is 0 Å². The van der Waals surface area contributed by atoms with Gasteiger partial charge in [0.1, 0.15) is 0 Å². The van der Waals surface area contributed by atoms with Gasteiger partial charge in [0.25, 0.3) is 0 Å². The molecule has 2 atom stereocenters. The Morgan fingerprint density at radius 3 is 2.61 bits per heavy atom. The zero-order valence-electron chi connectivity index (χ0n) is 10.1. The number of aliphatic hydroxyl groups excluding tert-OH is 1. The van der Waals surface area contributed by atoms with Crippen LogP contribution in [-0.2, 0) is 4.79 Å². The molecule has 2 N–H and O–H groups in total. The fraction of sp³-hybridized carbons (Fsp3) is 0.417. The molecule has 1 rings (SSSR count). The highest BCUT2D eigenvalue weighted by atomic mass is 35.5. The van der Waals surface area contributed by atoms with Gasteiger partial charge in [0, 0.05) is 10.9 Å². The molecule has 3 nitrogen and oxygen atoms in total. The molecule has 1 aromatic rings. The van der Waals surface area contributed by atoms with Crippen LogP contribution in [0.3, 0.4) is 0 Å². The molecule has 18 heavy (non-hydrogen) atoms. The van der Waals surface area contributed by atoms with Gasteiger partial charge >= 0.3 is 0 Å². The molecule has 100 valence electrons. The molecule has 0 heterocycles. The Hall–Kier alpha value is -0.420. The summed E-state index contributed by atoms with van der Waals surface area (Å²) in [6, 6.07) is 4.92. The van der Waals surface area contributed by atoms with Crippen molar-refractivity contribution in [1.82, 2.24) is 0 Å². The van der Waals surface area contributed by atoms with E-state index in [-0.39, 0.29) is 16.9 Å². The molecule has 0 aliphatic rings. The van der Waals surface area contributed by atoms with Crippen molar-refractivity contribution in [3.8, 4) is 0 Å². The molecule has 0 radical (unpaired) electrons. The molecule has 1 aromatic carbocycles. The van der Waals surface area contributed by atoms with E-state index in [1.807, 2.05) is 6.92 Å². The summed E-state index contributed by atoms with van der Waals surface area (Å²) in [4.78, 5) is 11.6. The van der Waals surface area contributed by atoms with Crippen LogP contribution in [0.5, 0.6) is 0 Å². The monoisotopic (exact) mass is 307 g/mol. The van der Waals surface area contributed by atoms with E-state index < -0.39 is 6.10 Å². The number of rotatable bonds is 5. The summed E-state index contributed by atoms with van der Waals surface area (Å²) in [6.07, 6.45) is -0.437. The number of hydrogen-bond acceptors (Lipinski definition) is 3. The predicted molar refractivity (Wildman–Crippen MR) is 78.7 cm³/mol. The first-order valence-electron chi connectivity index (χ1n) is 5.44. The number of anilines is 1. The van der Waals surface area contributed by atoms with E-state index in [2.05, 4.69) is 5.32 Å². The van der Waals surface area contributed by atoms with E-state index in [1.165, 1.54) is 11.8 Å². The van der Waals surface area contributed by atoms with E-state index in [1.54, 1.807) is 25.1 Å². The molecule has 6 heteroatoms. The lowest BCUT2D eigenvalue weighted by Crippen LogP contribution is -2.20. The van der Waals surface area contributed by atoms with Gasteiger partial charge in [-0.2, -0.15) is 0 Å². The zero-order chi connectivity index (χ0) is 13.7. The molecular formula is C12H15Cl2NO2S. The molecule has 0 aliphatic heterocycles. The molecule has 0 aliphatic carbocycles. The number of amides is 1. The van der Waals surface area contributed by atoms with Crippen molar-refractivity contribution in [3.05, 3.63) is 28.2 Å². The quantitative estimate of drug-likeness (QED) is 0.876. The van der Waals surface area contributed by atoms with Crippen LogP contribution in [0.1, 0.15) is 13.8 Å². The van der Waals surface area contributed by atoms with Crippen molar-refractivity contribution in [1.29, 1.82) is 0 Å². The van der Waals surface area contributed by atoms with E-state index in [4.69, 9.17) is 23.2 Å². The summed E-state index contributed by atoms with van der Waals surface area (Å²) in [6.45, 7) is 3.58. The summed E-state index contributed by atoms with van der Waals surface area (Å²) in [7, 11) is 0. The van der Waals surface area contributed by atoms with Gasteiger partial charge < -0.3 is 10.4 Å². The second-order valence-electron chi connectivity index (χ2n) is 3.93. The summed E-state index contributed by atoms with van der Waals surface area (Å²) in [5, 5.41) is 12.9. The topological polar surface area (TPSA) is 49.3 Å². The fourth-order valence-corrected chi connectivity index (χ4v) is 2.18. The van der Waals surface area contributed by atoms with Crippen molar-refractivity contribution < 1.29 is 9.90 Å². The van der Waals surface area contributed by atoms with E-state index in [9.17, 15) is 9.90 Å². The van der Waals surface area contributed by atoms with Gasteiger partial charge in [-0.05, 0) is 25.1 Å². The number of carbonyl (C=O) groups excluding carboxylic acids is 1. The molecule has 0 saturated carbocycles. The van der Waals surface area contributed by atoms with Crippen molar-refractivity contribution in [3.63, 3.8) is 0 Å². The number of thioether (sulfide) groups is 1. The Morgan fingerprint density at radius 1 is 1.39 bits per heavy atom. The number of aliphatic hydroxyl groups is 1. The average molecular weight is 308 g/mol. The summed E-state index contributed by atoms with van der Waals surface area (Å²) in [5.41, 5.74) is 0.611. The predicted octanol–water partition coefficient (Wildman–Crippen LogP) is 3.43. The van der Waals surface area contributed by atoms with Crippen molar-refractivity contribution in [2.45, 2.75) is 25.2 Å². The Labute approximate surface area is 121 Å². The van der Waals surface area contributed by atoms with E-state index >= 15 is 0 Å². The van der Waals surface area contributed by atoms with E-state index in [0.29, 0.717) is 15.7 Å². The number of benzene rings is 1. The Morgan fingerprint density at radius 2 is 2.06 bits per heavy atom. The molecule has 0 saturated heterocycles. The van der Waals surface area contributed by atoms with Crippen LogP contribution >= 0.6 is 35.0 Å². The van der Waals surface area contributed by atoms with Crippen molar-refractivity contribution >= 4 is 46.6 Å². The molecule has 1 amide bonds. The standard InChI is InChI=1S/C12H15Cl2NO2S/c1-7(16)8(2)18-6-12(17)15-9-3-4-10(13)11(14)5-9/h3-5,7-8,16H,6H2,1-2H3,(H,15,17). The van der Waals surface area contributed by atoms with Crippen LogP contribution in [-0.4, -0.2) is 28.1 Å². The first-order chi connectivity index (χ1) is 8.40. The number of hydrogen-bond donors (Lipinski definition) is 2. The second kappa shape index (κ2) is 7.24. The van der Waals surface area contributed by atoms with Gasteiger partial charge in [-0.25, -0.2) is 0 Å². The zero-order valence-corrected chi connectivity index (χ0v) is 12.4. The molecule has 0 fully saturated rings. The van der Waals surface area contributed by atoms with Crippen molar-refractivity contribution in [2.75, 3.05) is 11.1 Å². The molecule has 0 spiro atoms. The summed E-state index contributed by atoms with van der Waals surface area (Å²) in [5.74, 6) is 0.151. The first kappa shape index (κ1) is 15.6. The highest BCUT2D eigenvalue weighted by Gasteiger charge is 2.12. The highest BCUT2D eigenvalue weighted by molar-refractivity contribution is 8.00. The lowest BCUT2D eigenvalue weighted by molar-refractivity contribution is -0.113. The maximum atomic E-state index is 11.6. The minimum atomic E-state index is -0.437. The van der Waals surface area contributed by atoms with Crippen LogP contribution in [0.25, 0.3) is 0 Å². The highest BCUT2D eigenvalue weighted by Crippen LogP contribution is 2.25. The third-order valence-corrected chi connectivity index (χ3v) is 4.45. The number of nitrogens with one attached hydrogen (secondary N) is 1. The lowest BCUT2D eigenvalue weighted by atomic mass is 10.3. The van der Waals surface area contributed by atoms with Gasteiger partial charge in [0.15, 0.2) is 0 Å². The minimum absolute atomic E-state index is 0.0181. The molecule has 0 aromatic heterocycles. The summed E-state index contributed by atoms with van der Waals surface area (Å²) < 4.78 is 0. The van der Waals surface area contributed by atoms with Gasteiger partial charge in [0.2, 0.25) is 5.91 Å². The first-order valence-corrected chi connectivity index (χ1v) is 7.25. The Bertz CT molecular complexity index is 427. The van der Waals surface area contributed by atoms with Crippen LogP contribution in [0.15, 0.2) is 18.2 Å². The average Bonchev–Trinajstić information content (AvgIpc) is 2.30. The third kappa shape index (κ3) is 5.06. The molecular weight excluding hydrogens is 293 g/mol. The molecule has 2 unspecified atom stereocenters. The second-order valence-corrected chi connectivity index (χ2v) is 6.11. The smallest absolute Gasteiger partial charge is 0.234 e. The van der Waals surface area contributed by atoms with Gasteiger partial charge in [-0.1, -0.05) is 30.1 Å². The Balaban J connectivity index is 2.47. The minimum Gasteiger partial charge on any atom is -0.392 e. The van der Waals surface area contributed by atoms with Crippen molar-refractivity contribution in [2.24, 2.45) is 0 Å². The maximum Gasteiger partial charge on any atom is 0.234 e. The van der Waals surface area contributed by atoms with Crippen LogP contribution in [0.4, 0.5) is 5.69 Å². The third-order valence-electron chi connectivity index (χ3n) is 2.36. The fourth-order valence-electron chi connectivity index (χ4n) is 1.12. The molecule has 0 bridgehead atoms. The maximum absolute atomic E-state index is 11.6. The normalized spacial score (nSPS) is 14.1. The lowest BCUT2D eigenvalue weighted by Gasteiger charge is -2.13. The van der Waals surface area contributed by atoms with Gasteiger partial charge in [-0.3, -0.25) is 4.79 Å².